The topological polar surface area (TPSA) is 44.0 Å². The summed E-state index contributed by atoms with van der Waals surface area (Å²) < 4.78 is 50.8. The summed E-state index contributed by atoms with van der Waals surface area (Å²) >= 11 is 0. The molecule has 0 unspecified atom stereocenters. The Morgan fingerprint density at radius 1 is 1.00 bits per heavy atom. The van der Waals surface area contributed by atoms with Gasteiger partial charge in [0.15, 0.2) is 0 Å². The highest BCUT2D eigenvalue weighted by atomic mass is 19.4. The van der Waals surface area contributed by atoms with Crippen LogP contribution in [0.4, 0.5) is 17.6 Å². The average molecular weight is 281 g/mol. The summed E-state index contributed by atoms with van der Waals surface area (Å²) in [6.45, 7) is 0. The highest BCUT2D eigenvalue weighted by Gasteiger charge is 2.33. The van der Waals surface area contributed by atoms with Crippen LogP contribution in [0.3, 0.4) is 0 Å². The summed E-state index contributed by atoms with van der Waals surface area (Å²) in [5, 5.41) is 18.1. The van der Waals surface area contributed by atoms with Crippen LogP contribution in [0, 0.1) is 17.1 Å². The van der Waals surface area contributed by atoms with E-state index in [4.69, 9.17) is 5.26 Å². The third kappa shape index (κ3) is 2.57. The molecule has 0 atom stereocenters. The van der Waals surface area contributed by atoms with Crippen LogP contribution in [0.5, 0.6) is 5.75 Å². The quantitative estimate of drug-likeness (QED) is 0.800. The second-order valence-corrected chi connectivity index (χ2v) is 4.04. The second-order valence-electron chi connectivity index (χ2n) is 4.04. The molecule has 2 rings (SSSR count). The van der Waals surface area contributed by atoms with Crippen LogP contribution in [0.15, 0.2) is 36.4 Å². The summed E-state index contributed by atoms with van der Waals surface area (Å²) in [7, 11) is 0. The maximum Gasteiger partial charge on any atom is 0.419 e. The van der Waals surface area contributed by atoms with Crippen molar-refractivity contribution in [3.63, 3.8) is 0 Å². The molecule has 2 nitrogen and oxygen atoms in total. The van der Waals surface area contributed by atoms with Gasteiger partial charge in [0.2, 0.25) is 0 Å². The second kappa shape index (κ2) is 4.85. The van der Waals surface area contributed by atoms with E-state index in [1.54, 1.807) is 6.07 Å². The Labute approximate surface area is 111 Å². The first-order valence-corrected chi connectivity index (χ1v) is 5.43. The number of phenols is 1. The van der Waals surface area contributed by atoms with E-state index >= 15 is 0 Å². The minimum atomic E-state index is -4.75. The maximum absolute atomic E-state index is 13.5. The number of nitriles is 1. The summed E-state index contributed by atoms with van der Waals surface area (Å²) in [4.78, 5) is 0. The van der Waals surface area contributed by atoms with Crippen molar-refractivity contribution in [1.29, 1.82) is 5.26 Å². The molecule has 0 fully saturated rings. The van der Waals surface area contributed by atoms with Crippen LogP contribution < -0.4 is 0 Å². The highest BCUT2D eigenvalue weighted by molar-refractivity contribution is 5.67. The molecule has 0 heterocycles. The number of rotatable bonds is 1. The van der Waals surface area contributed by atoms with Crippen LogP contribution in [0.1, 0.15) is 11.1 Å². The number of phenolic OH excluding ortho intramolecular Hbond substituents is 1. The minimum absolute atomic E-state index is 0.0391. The van der Waals surface area contributed by atoms with Crippen molar-refractivity contribution < 1.29 is 22.7 Å². The molecule has 0 amide bonds. The van der Waals surface area contributed by atoms with Crippen molar-refractivity contribution in [2.24, 2.45) is 0 Å². The van der Waals surface area contributed by atoms with Gasteiger partial charge in [0, 0.05) is 0 Å². The Morgan fingerprint density at radius 2 is 1.60 bits per heavy atom. The number of hydrogen-bond acceptors (Lipinski definition) is 2. The Hall–Kier alpha value is -2.55. The molecule has 2 aromatic rings. The number of nitrogens with zero attached hydrogens (tertiary/aromatic N) is 1. The van der Waals surface area contributed by atoms with E-state index in [0.717, 1.165) is 12.1 Å². The van der Waals surface area contributed by atoms with Gasteiger partial charge < -0.3 is 5.11 Å². The first-order valence-electron chi connectivity index (χ1n) is 5.43. The van der Waals surface area contributed by atoms with Crippen molar-refractivity contribution in [3.8, 4) is 22.9 Å². The van der Waals surface area contributed by atoms with E-state index < -0.39 is 17.6 Å². The molecule has 0 bridgehead atoms. The smallest absolute Gasteiger partial charge is 0.419 e. The maximum atomic E-state index is 13.5. The molecular weight excluding hydrogens is 274 g/mol. The zero-order chi connectivity index (χ0) is 14.9. The van der Waals surface area contributed by atoms with E-state index in [-0.39, 0.29) is 16.9 Å². The third-order valence-electron chi connectivity index (χ3n) is 2.72. The number of alkyl halides is 3. The largest absolute Gasteiger partial charge is 0.507 e. The number of aromatic hydroxyl groups is 1. The monoisotopic (exact) mass is 281 g/mol. The zero-order valence-corrected chi connectivity index (χ0v) is 9.87. The first-order chi connectivity index (χ1) is 9.32. The van der Waals surface area contributed by atoms with E-state index in [1.165, 1.54) is 18.2 Å². The van der Waals surface area contributed by atoms with Crippen molar-refractivity contribution >= 4 is 0 Å². The molecular formula is C14H7F4NO. The number of benzene rings is 2. The first kappa shape index (κ1) is 13.9. The predicted octanol–water partition coefficient (Wildman–Crippen LogP) is 4.09. The zero-order valence-electron chi connectivity index (χ0n) is 9.87. The Morgan fingerprint density at radius 3 is 2.15 bits per heavy atom. The summed E-state index contributed by atoms with van der Waals surface area (Å²) in [5.74, 6) is -1.63. The molecule has 6 heteroatoms. The summed E-state index contributed by atoms with van der Waals surface area (Å²) in [6.07, 6.45) is -4.75. The number of halogens is 4. The van der Waals surface area contributed by atoms with E-state index in [9.17, 15) is 22.7 Å². The van der Waals surface area contributed by atoms with Gasteiger partial charge in [0.25, 0.3) is 0 Å². The fourth-order valence-corrected chi connectivity index (χ4v) is 1.73. The number of hydrogen-bond donors (Lipinski definition) is 1. The molecule has 0 aliphatic carbocycles. The van der Waals surface area contributed by atoms with Gasteiger partial charge in [-0.3, -0.25) is 0 Å². The lowest BCUT2D eigenvalue weighted by Gasteiger charge is -2.10. The normalized spacial score (nSPS) is 11.2. The lowest BCUT2D eigenvalue weighted by atomic mass is 10.0. The van der Waals surface area contributed by atoms with Gasteiger partial charge >= 0.3 is 6.18 Å². The van der Waals surface area contributed by atoms with E-state index in [1.807, 2.05) is 0 Å². The fourth-order valence-electron chi connectivity index (χ4n) is 1.73. The van der Waals surface area contributed by atoms with Gasteiger partial charge in [-0.2, -0.15) is 18.4 Å². The van der Waals surface area contributed by atoms with Crippen LogP contribution in [0.25, 0.3) is 11.1 Å². The molecule has 0 radical (unpaired) electrons. The van der Waals surface area contributed by atoms with Gasteiger partial charge in [-0.25, -0.2) is 4.39 Å². The van der Waals surface area contributed by atoms with Crippen molar-refractivity contribution in [3.05, 3.63) is 53.3 Å². The van der Waals surface area contributed by atoms with E-state index in [2.05, 4.69) is 0 Å². The van der Waals surface area contributed by atoms with Crippen LogP contribution in [-0.2, 0) is 6.18 Å². The molecule has 0 aromatic heterocycles. The Bertz CT molecular complexity index is 701. The molecule has 2 aromatic carbocycles. The van der Waals surface area contributed by atoms with Crippen molar-refractivity contribution in [2.75, 3.05) is 0 Å². The Kier molecular flexibility index (Phi) is 3.36. The molecule has 102 valence electrons. The van der Waals surface area contributed by atoms with E-state index in [0.29, 0.717) is 11.6 Å². The van der Waals surface area contributed by atoms with Gasteiger partial charge in [0.05, 0.1) is 11.1 Å². The molecule has 1 N–H and O–H groups in total. The fraction of sp³-hybridized carbons (Fsp3) is 0.0714. The van der Waals surface area contributed by atoms with Gasteiger partial charge in [-0.1, -0.05) is 12.1 Å². The molecule has 0 aliphatic rings. The summed E-state index contributed by atoms with van der Waals surface area (Å²) in [6, 6.07) is 8.12. The van der Waals surface area contributed by atoms with Crippen molar-refractivity contribution in [2.45, 2.75) is 6.18 Å². The third-order valence-corrected chi connectivity index (χ3v) is 2.72. The summed E-state index contributed by atoms with van der Waals surface area (Å²) in [5.41, 5.74) is -0.859. The van der Waals surface area contributed by atoms with Gasteiger partial charge in [-0.15, -0.1) is 0 Å². The molecule has 0 saturated carbocycles. The molecule has 0 aliphatic heterocycles. The van der Waals surface area contributed by atoms with Crippen LogP contribution in [-0.4, -0.2) is 5.11 Å². The Balaban J connectivity index is 2.50. The van der Waals surface area contributed by atoms with Gasteiger partial charge in [0.1, 0.15) is 17.6 Å². The molecule has 0 spiro atoms. The standard InChI is InChI=1S/C14H7F4NO/c15-12-6-9(1-3-11(12)14(16,17)18)8-2-4-13(20)10(5-8)7-19/h1-6,20H. The van der Waals surface area contributed by atoms with Crippen LogP contribution >= 0.6 is 0 Å². The predicted molar refractivity (Wildman–Crippen MR) is 63.2 cm³/mol. The minimum Gasteiger partial charge on any atom is -0.507 e. The SMILES string of the molecule is N#Cc1cc(-c2ccc(C(F)(F)F)c(F)c2)ccc1O. The molecule has 0 saturated heterocycles. The average Bonchev–Trinajstić information content (AvgIpc) is 2.37. The lowest BCUT2D eigenvalue weighted by Crippen LogP contribution is -2.07. The van der Waals surface area contributed by atoms with Crippen molar-refractivity contribution in [1.82, 2.24) is 0 Å². The lowest BCUT2D eigenvalue weighted by molar-refractivity contribution is -0.139. The highest BCUT2D eigenvalue weighted by Crippen LogP contribution is 2.34. The van der Waals surface area contributed by atoms with Crippen LogP contribution in [0.2, 0.25) is 0 Å². The molecule has 20 heavy (non-hydrogen) atoms. The van der Waals surface area contributed by atoms with Gasteiger partial charge in [-0.05, 0) is 35.4 Å².